The molecule has 0 saturated carbocycles. The van der Waals surface area contributed by atoms with Gasteiger partial charge in [-0.2, -0.15) is 0 Å². The number of anilines is 2. The Morgan fingerprint density at radius 1 is 1.00 bits per heavy atom. The van der Waals surface area contributed by atoms with Crippen molar-refractivity contribution in [1.82, 2.24) is 0 Å². The third-order valence-electron chi connectivity index (χ3n) is 4.63. The molecule has 4 rings (SSSR count). The summed E-state index contributed by atoms with van der Waals surface area (Å²) >= 11 is 3.58. The molecule has 0 fully saturated rings. The summed E-state index contributed by atoms with van der Waals surface area (Å²) < 4.78 is 11.8. The van der Waals surface area contributed by atoms with Crippen LogP contribution < -0.4 is 20.1 Å². The maximum Gasteiger partial charge on any atom is 0.255 e. The molecule has 0 radical (unpaired) electrons. The third kappa shape index (κ3) is 3.82. The summed E-state index contributed by atoms with van der Waals surface area (Å²) in [6.07, 6.45) is 0. The van der Waals surface area contributed by atoms with E-state index in [0.717, 1.165) is 38.5 Å². The quantitative estimate of drug-likeness (QED) is 0.563. The number of nitrogens with one attached hydrogen (secondary N) is 2. The van der Waals surface area contributed by atoms with Crippen LogP contribution in [0.4, 0.5) is 11.4 Å². The molecule has 0 unspecified atom stereocenters. The lowest BCUT2D eigenvalue weighted by Crippen LogP contribution is -2.13. The van der Waals surface area contributed by atoms with Crippen molar-refractivity contribution in [2.24, 2.45) is 0 Å². The molecule has 1 amide bonds. The lowest BCUT2D eigenvalue weighted by atomic mass is 10.1. The number of halogens is 1. The molecule has 0 aromatic heterocycles. The number of amides is 1. The van der Waals surface area contributed by atoms with Crippen molar-refractivity contribution in [3.63, 3.8) is 0 Å². The molecule has 3 aromatic rings. The van der Waals surface area contributed by atoms with Crippen LogP contribution in [-0.2, 0) is 6.54 Å². The molecule has 6 heteroatoms. The van der Waals surface area contributed by atoms with Gasteiger partial charge in [0.15, 0.2) is 11.5 Å². The van der Waals surface area contributed by atoms with Crippen LogP contribution in [-0.4, -0.2) is 12.7 Å². The largest absolute Gasteiger partial charge is 0.454 e. The second kappa shape index (κ2) is 7.94. The van der Waals surface area contributed by atoms with E-state index in [1.165, 1.54) is 0 Å². The Kier molecular flexibility index (Phi) is 5.21. The Bertz CT molecular complexity index is 1020. The fraction of sp³-hybridized carbons (Fsp3) is 0.136. The summed E-state index contributed by atoms with van der Waals surface area (Å²) in [7, 11) is 0. The van der Waals surface area contributed by atoms with E-state index in [1.54, 1.807) is 12.1 Å². The highest BCUT2D eigenvalue weighted by Crippen LogP contribution is 2.37. The van der Waals surface area contributed by atoms with Crippen molar-refractivity contribution in [2.75, 3.05) is 17.4 Å². The van der Waals surface area contributed by atoms with E-state index in [0.29, 0.717) is 12.1 Å². The van der Waals surface area contributed by atoms with Gasteiger partial charge in [0, 0.05) is 28.0 Å². The summed E-state index contributed by atoms with van der Waals surface area (Å²) in [6, 6.07) is 18.9. The number of hydrogen-bond donors (Lipinski definition) is 2. The maximum absolute atomic E-state index is 12.4. The first-order valence-electron chi connectivity index (χ1n) is 8.90. The fourth-order valence-corrected chi connectivity index (χ4v) is 3.49. The van der Waals surface area contributed by atoms with E-state index in [-0.39, 0.29) is 12.7 Å². The first-order valence-corrected chi connectivity index (χ1v) is 9.69. The molecular formula is C22H19BrN2O3. The highest BCUT2D eigenvalue weighted by Gasteiger charge is 2.16. The summed E-state index contributed by atoms with van der Waals surface area (Å²) in [5.41, 5.74) is 4.40. The average molecular weight is 439 g/mol. The van der Waals surface area contributed by atoms with E-state index in [4.69, 9.17) is 9.47 Å². The molecule has 0 atom stereocenters. The Balaban J connectivity index is 1.49. The van der Waals surface area contributed by atoms with Gasteiger partial charge in [-0.3, -0.25) is 4.79 Å². The van der Waals surface area contributed by atoms with Gasteiger partial charge >= 0.3 is 0 Å². The molecule has 5 nitrogen and oxygen atoms in total. The molecule has 1 aliphatic rings. The summed E-state index contributed by atoms with van der Waals surface area (Å²) in [6.45, 7) is 2.84. The number of hydrogen-bond acceptors (Lipinski definition) is 4. The second-order valence-corrected chi connectivity index (χ2v) is 7.30. The second-order valence-electron chi connectivity index (χ2n) is 6.45. The van der Waals surface area contributed by atoms with E-state index in [2.05, 4.69) is 26.6 Å². The fourth-order valence-electron chi connectivity index (χ4n) is 3.03. The van der Waals surface area contributed by atoms with Crippen molar-refractivity contribution < 1.29 is 14.3 Å². The number of ether oxygens (including phenoxy) is 2. The third-order valence-corrected chi connectivity index (χ3v) is 5.37. The molecule has 28 heavy (non-hydrogen) atoms. The van der Waals surface area contributed by atoms with Gasteiger partial charge in [0.25, 0.3) is 5.91 Å². The SMILES string of the molecule is Cc1c(NCc2cc3c(cc2Br)OCO3)cccc1NC(=O)c1ccccc1. The smallest absolute Gasteiger partial charge is 0.255 e. The molecular weight excluding hydrogens is 420 g/mol. The van der Waals surface area contributed by atoms with Crippen molar-refractivity contribution in [3.05, 3.63) is 81.8 Å². The van der Waals surface area contributed by atoms with Gasteiger partial charge in [0.1, 0.15) is 0 Å². The lowest BCUT2D eigenvalue weighted by molar-refractivity contribution is 0.102. The Morgan fingerprint density at radius 3 is 2.50 bits per heavy atom. The van der Waals surface area contributed by atoms with E-state index in [1.807, 2.05) is 55.5 Å². The minimum absolute atomic E-state index is 0.126. The molecule has 0 bridgehead atoms. The van der Waals surface area contributed by atoms with Crippen molar-refractivity contribution >= 4 is 33.2 Å². The number of fused-ring (bicyclic) bond motifs is 1. The van der Waals surface area contributed by atoms with Crippen LogP contribution >= 0.6 is 15.9 Å². The molecule has 1 heterocycles. The molecule has 3 aromatic carbocycles. The molecule has 0 saturated heterocycles. The van der Waals surface area contributed by atoms with Crippen LogP contribution in [0, 0.1) is 6.92 Å². The normalized spacial score (nSPS) is 11.9. The minimum atomic E-state index is -0.126. The van der Waals surface area contributed by atoms with Gasteiger partial charge in [-0.1, -0.05) is 40.2 Å². The van der Waals surface area contributed by atoms with Crippen LogP contribution in [0.5, 0.6) is 11.5 Å². The lowest BCUT2D eigenvalue weighted by Gasteiger charge is -2.15. The first-order chi connectivity index (χ1) is 13.6. The molecule has 0 spiro atoms. The monoisotopic (exact) mass is 438 g/mol. The van der Waals surface area contributed by atoms with Gasteiger partial charge < -0.3 is 20.1 Å². The van der Waals surface area contributed by atoms with E-state index < -0.39 is 0 Å². The van der Waals surface area contributed by atoms with E-state index in [9.17, 15) is 4.79 Å². The molecule has 0 aliphatic carbocycles. The minimum Gasteiger partial charge on any atom is -0.454 e. The van der Waals surface area contributed by atoms with Crippen LogP contribution in [0.3, 0.4) is 0 Å². The summed E-state index contributed by atoms with van der Waals surface area (Å²) in [4.78, 5) is 12.4. The van der Waals surface area contributed by atoms with Crippen molar-refractivity contribution in [2.45, 2.75) is 13.5 Å². The summed E-state index contributed by atoms with van der Waals surface area (Å²) in [5, 5.41) is 6.42. The van der Waals surface area contributed by atoms with E-state index >= 15 is 0 Å². The van der Waals surface area contributed by atoms with Crippen LogP contribution in [0.1, 0.15) is 21.5 Å². The van der Waals surface area contributed by atoms with Crippen LogP contribution in [0.25, 0.3) is 0 Å². The Morgan fingerprint density at radius 2 is 1.71 bits per heavy atom. The predicted octanol–water partition coefficient (Wildman–Crippen LogP) is 5.35. The van der Waals surface area contributed by atoms with Crippen molar-refractivity contribution in [3.8, 4) is 11.5 Å². The topological polar surface area (TPSA) is 59.6 Å². The summed E-state index contributed by atoms with van der Waals surface area (Å²) in [5.74, 6) is 1.37. The number of rotatable bonds is 5. The highest BCUT2D eigenvalue weighted by molar-refractivity contribution is 9.10. The Hall–Kier alpha value is -2.99. The van der Waals surface area contributed by atoms with Crippen molar-refractivity contribution in [1.29, 1.82) is 0 Å². The standard InChI is InChI=1S/C22H19BrN2O3/c1-14-18(24-12-16-10-20-21(11-17(16)23)28-13-27-20)8-5-9-19(14)25-22(26)15-6-3-2-4-7-15/h2-11,24H,12-13H2,1H3,(H,25,26). The highest BCUT2D eigenvalue weighted by atomic mass is 79.9. The van der Waals surface area contributed by atoms with Gasteiger partial charge in [0.2, 0.25) is 6.79 Å². The predicted molar refractivity (Wildman–Crippen MR) is 113 cm³/mol. The number of carbonyl (C=O) groups is 1. The number of benzene rings is 3. The first kappa shape index (κ1) is 18.4. The zero-order valence-electron chi connectivity index (χ0n) is 15.3. The van der Waals surface area contributed by atoms with Crippen LogP contribution in [0.2, 0.25) is 0 Å². The molecule has 142 valence electrons. The average Bonchev–Trinajstić information content (AvgIpc) is 3.16. The zero-order chi connectivity index (χ0) is 19.5. The molecule has 2 N–H and O–H groups in total. The van der Waals surface area contributed by atoms with Gasteiger partial charge in [-0.05, 0) is 54.4 Å². The maximum atomic E-state index is 12.4. The zero-order valence-corrected chi connectivity index (χ0v) is 16.9. The number of carbonyl (C=O) groups excluding carboxylic acids is 1. The van der Waals surface area contributed by atoms with Gasteiger partial charge in [-0.15, -0.1) is 0 Å². The molecule has 1 aliphatic heterocycles. The van der Waals surface area contributed by atoms with Gasteiger partial charge in [0.05, 0.1) is 0 Å². The Labute approximate surface area is 171 Å². The van der Waals surface area contributed by atoms with Gasteiger partial charge in [-0.25, -0.2) is 0 Å². The van der Waals surface area contributed by atoms with Crippen LogP contribution in [0.15, 0.2) is 65.1 Å².